The molecule has 0 saturated carbocycles. The van der Waals surface area contributed by atoms with Crippen LogP contribution in [0.1, 0.15) is 19.8 Å². The van der Waals surface area contributed by atoms with Crippen molar-refractivity contribution in [1.29, 1.82) is 0 Å². The lowest BCUT2D eigenvalue weighted by Gasteiger charge is -2.38. The molecule has 5 heteroatoms. The maximum atomic E-state index is 14.0. The van der Waals surface area contributed by atoms with Gasteiger partial charge in [-0.3, -0.25) is 9.78 Å². The van der Waals surface area contributed by atoms with E-state index < -0.39 is 0 Å². The maximum absolute atomic E-state index is 14.0. The second-order valence-corrected chi connectivity index (χ2v) is 7.56. The van der Waals surface area contributed by atoms with Crippen LogP contribution in [0.2, 0.25) is 0 Å². The van der Waals surface area contributed by atoms with Gasteiger partial charge in [0.15, 0.2) is 0 Å². The number of carbonyl (C=O) groups is 1. The molecule has 1 fully saturated rings. The van der Waals surface area contributed by atoms with Crippen molar-refractivity contribution in [2.24, 2.45) is 11.8 Å². The first-order chi connectivity index (χ1) is 11.9. The summed E-state index contributed by atoms with van der Waals surface area (Å²) in [7, 11) is 3.84. The van der Waals surface area contributed by atoms with Crippen LogP contribution < -0.4 is 4.90 Å². The molecule has 0 N–H and O–H groups in total. The van der Waals surface area contributed by atoms with Crippen LogP contribution in [-0.4, -0.2) is 49.4 Å². The molecule has 0 spiro atoms. The summed E-state index contributed by atoms with van der Waals surface area (Å²) in [6.45, 7) is 4.47. The molecule has 0 amide bonds. The Kier molecular flexibility index (Phi) is 5.33. The molecule has 1 aliphatic heterocycles. The minimum Gasteiger partial charge on any atom is -0.370 e. The summed E-state index contributed by atoms with van der Waals surface area (Å²) < 4.78 is 14.0. The molecule has 134 valence electrons. The van der Waals surface area contributed by atoms with Crippen molar-refractivity contribution in [1.82, 2.24) is 9.88 Å². The smallest absolute Gasteiger partial charge is 0.149 e. The Morgan fingerprint density at radius 1 is 1.32 bits per heavy atom. The lowest BCUT2D eigenvalue weighted by molar-refractivity contribution is -0.120. The van der Waals surface area contributed by atoms with E-state index in [1.54, 1.807) is 6.20 Å². The molecule has 3 rings (SSSR count). The van der Waals surface area contributed by atoms with Crippen molar-refractivity contribution < 1.29 is 9.18 Å². The number of rotatable bonds is 5. The zero-order valence-electron chi connectivity index (χ0n) is 15.2. The molecule has 0 radical (unpaired) electrons. The number of pyridine rings is 1. The molecule has 2 atom stereocenters. The zero-order chi connectivity index (χ0) is 18.0. The maximum Gasteiger partial charge on any atom is 0.149 e. The van der Waals surface area contributed by atoms with Gasteiger partial charge in [0.05, 0.1) is 6.54 Å². The molecule has 1 aromatic heterocycles. The van der Waals surface area contributed by atoms with Gasteiger partial charge in [0.2, 0.25) is 0 Å². The summed E-state index contributed by atoms with van der Waals surface area (Å²) in [5.74, 6) is 0.840. The number of ketones is 1. The summed E-state index contributed by atoms with van der Waals surface area (Å²) in [5, 5.41) is 0.843. The molecule has 2 heterocycles. The molecule has 4 nitrogen and oxygen atoms in total. The number of carbonyl (C=O) groups excluding carboxylic acids is 1. The second-order valence-electron chi connectivity index (χ2n) is 7.56. The lowest BCUT2D eigenvalue weighted by atomic mass is 9.86. The van der Waals surface area contributed by atoms with Crippen LogP contribution in [0.5, 0.6) is 0 Å². The predicted molar refractivity (Wildman–Crippen MR) is 99.4 cm³/mol. The van der Waals surface area contributed by atoms with Crippen LogP contribution in [-0.2, 0) is 4.79 Å². The van der Waals surface area contributed by atoms with Crippen LogP contribution in [0.4, 0.5) is 10.1 Å². The quantitative estimate of drug-likeness (QED) is 0.834. The van der Waals surface area contributed by atoms with Gasteiger partial charge in [0.25, 0.3) is 0 Å². The standard InChI is InChI=1S/C20H26FN3O/c1-14-9-15(10-16(25)13-23(2)3)12-24(11-14)19-7-6-18(21)20-17(19)5-4-8-22-20/h4-8,14-15H,9-13H2,1-3H3/t14-,15-/m0/s1. The first-order valence-corrected chi connectivity index (χ1v) is 8.88. The third kappa shape index (κ3) is 4.15. The number of hydrogen-bond acceptors (Lipinski definition) is 4. The van der Waals surface area contributed by atoms with Crippen LogP contribution in [0, 0.1) is 17.7 Å². The molecule has 1 aromatic carbocycles. The van der Waals surface area contributed by atoms with Crippen LogP contribution >= 0.6 is 0 Å². The summed E-state index contributed by atoms with van der Waals surface area (Å²) in [5.41, 5.74) is 1.43. The fourth-order valence-corrected chi connectivity index (χ4v) is 3.96. The van der Waals surface area contributed by atoms with E-state index in [4.69, 9.17) is 0 Å². The van der Waals surface area contributed by atoms with Gasteiger partial charge in [-0.15, -0.1) is 0 Å². The molecule has 0 unspecified atom stereocenters. The molecule has 1 saturated heterocycles. The minimum atomic E-state index is -0.290. The van der Waals surface area contributed by atoms with E-state index >= 15 is 0 Å². The SMILES string of the molecule is C[C@H]1C[C@@H](CC(=O)CN(C)C)CN(c2ccc(F)c3ncccc23)C1. The van der Waals surface area contributed by atoms with Crippen LogP contribution in [0.25, 0.3) is 10.9 Å². The first kappa shape index (κ1) is 17.8. The average molecular weight is 343 g/mol. The van der Waals surface area contributed by atoms with Gasteiger partial charge in [-0.2, -0.15) is 0 Å². The number of Topliss-reactive ketones (excluding diaryl/α,β-unsaturated/α-hetero) is 1. The van der Waals surface area contributed by atoms with Crippen molar-refractivity contribution in [2.45, 2.75) is 19.8 Å². The second kappa shape index (κ2) is 7.48. The number of piperidine rings is 1. The highest BCUT2D eigenvalue weighted by atomic mass is 19.1. The summed E-state index contributed by atoms with van der Waals surface area (Å²) in [4.78, 5) is 20.6. The number of halogens is 1. The number of aromatic nitrogens is 1. The van der Waals surface area contributed by atoms with Gasteiger partial charge in [-0.1, -0.05) is 6.92 Å². The largest absolute Gasteiger partial charge is 0.370 e. The predicted octanol–water partition coefficient (Wildman–Crippen LogP) is 3.36. The van der Waals surface area contributed by atoms with E-state index in [-0.39, 0.29) is 11.6 Å². The van der Waals surface area contributed by atoms with Gasteiger partial charge >= 0.3 is 0 Å². The molecule has 1 aliphatic rings. The van der Waals surface area contributed by atoms with Crippen LogP contribution in [0.3, 0.4) is 0 Å². The molecule has 0 bridgehead atoms. The van der Waals surface area contributed by atoms with Crippen molar-refractivity contribution >= 4 is 22.4 Å². The highest BCUT2D eigenvalue weighted by molar-refractivity contribution is 5.92. The molecule has 0 aliphatic carbocycles. The van der Waals surface area contributed by atoms with Crippen molar-refractivity contribution in [3.05, 3.63) is 36.3 Å². The number of likely N-dealkylation sites (N-methyl/N-ethyl adjacent to an activating group) is 1. The Labute approximate surface area is 148 Å². The zero-order valence-corrected chi connectivity index (χ0v) is 15.2. The number of anilines is 1. The fraction of sp³-hybridized carbons (Fsp3) is 0.500. The van der Waals surface area contributed by atoms with Gasteiger partial charge < -0.3 is 9.80 Å². The molecular weight excluding hydrogens is 317 g/mol. The van der Waals surface area contributed by atoms with E-state index in [0.717, 1.165) is 30.6 Å². The number of hydrogen-bond donors (Lipinski definition) is 0. The third-order valence-electron chi connectivity index (χ3n) is 4.79. The van der Waals surface area contributed by atoms with Crippen molar-refractivity contribution in [2.75, 3.05) is 38.6 Å². The Morgan fingerprint density at radius 2 is 2.12 bits per heavy atom. The van der Waals surface area contributed by atoms with E-state index in [0.29, 0.717) is 30.3 Å². The van der Waals surface area contributed by atoms with E-state index in [1.807, 2.05) is 37.2 Å². The van der Waals surface area contributed by atoms with Gasteiger partial charge in [0.1, 0.15) is 17.1 Å². The third-order valence-corrected chi connectivity index (χ3v) is 4.79. The van der Waals surface area contributed by atoms with Gasteiger partial charge in [0, 0.05) is 36.8 Å². The van der Waals surface area contributed by atoms with Crippen molar-refractivity contribution in [3.8, 4) is 0 Å². The summed E-state index contributed by atoms with van der Waals surface area (Å²) in [6, 6.07) is 7.11. The lowest BCUT2D eigenvalue weighted by Crippen LogP contribution is -2.41. The summed E-state index contributed by atoms with van der Waals surface area (Å²) >= 11 is 0. The average Bonchev–Trinajstić information content (AvgIpc) is 2.54. The Morgan fingerprint density at radius 3 is 2.88 bits per heavy atom. The molecule has 2 aromatic rings. The highest BCUT2D eigenvalue weighted by Crippen LogP contribution is 2.33. The van der Waals surface area contributed by atoms with Crippen molar-refractivity contribution in [3.63, 3.8) is 0 Å². The number of benzene rings is 1. The van der Waals surface area contributed by atoms with E-state index in [9.17, 15) is 9.18 Å². The first-order valence-electron chi connectivity index (χ1n) is 8.88. The Bertz CT molecular complexity index is 762. The van der Waals surface area contributed by atoms with Gasteiger partial charge in [-0.05, 0) is 56.6 Å². The highest BCUT2D eigenvalue weighted by Gasteiger charge is 2.27. The molecular formula is C20H26FN3O. The van der Waals surface area contributed by atoms with E-state index in [1.165, 1.54) is 6.07 Å². The number of fused-ring (bicyclic) bond motifs is 1. The van der Waals surface area contributed by atoms with Gasteiger partial charge in [-0.25, -0.2) is 4.39 Å². The normalized spacial score (nSPS) is 21.1. The molecule has 25 heavy (non-hydrogen) atoms. The Hall–Kier alpha value is -2.01. The topological polar surface area (TPSA) is 36.4 Å². The Balaban J connectivity index is 1.83. The summed E-state index contributed by atoms with van der Waals surface area (Å²) in [6.07, 6.45) is 3.29. The fourth-order valence-electron chi connectivity index (χ4n) is 3.96. The van der Waals surface area contributed by atoms with Crippen LogP contribution in [0.15, 0.2) is 30.5 Å². The van der Waals surface area contributed by atoms with E-state index in [2.05, 4.69) is 16.8 Å². The minimum absolute atomic E-state index is 0.287. The number of nitrogens with zero attached hydrogens (tertiary/aromatic N) is 3. The monoisotopic (exact) mass is 343 g/mol.